The van der Waals surface area contributed by atoms with E-state index >= 15 is 0 Å². The third-order valence-corrected chi connectivity index (χ3v) is 2.40. The molecule has 1 unspecified atom stereocenters. The van der Waals surface area contributed by atoms with Crippen LogP contribution in [0.5, 0.6) is 0 Å². The first kappa shape index (κ1) is 9.85. The van der Waals surface area contributed by atoms with Gasteiger partial charge < -0.3 is 4.90 Å². The van der Waals surface area contributed by atoms with Crippen molar-refractivity contribution in [2.45, 2.75) is 32.1 Å². The molecule has 0 spiro atoms. The highest BCUT2D eigenvalue weighted by Gasteiger charge is 2.27. The molecule has 1 aliphatic carbocycles. The van der Waals surface area contributed by atoms with Crippen molar-refractivity contribution in [2.75, 3.05) is 13.1 Å². The number of carbonyl (C=O) groups excluding carboxylic acids is 1. The summed E-state index contributed by atoms with van der Waals surface area (Å²) in [5, 5.41) is -0.372. The standard InChI is InChI=1S/C9H16ClNO/c1-3-11(6-8-4-5-8)9(12)7(2)10/h7-8H,3-6H2,1-2H3. The van der Waals surface area contributed by atoms with Gasteiger partial charge in [0.1, 0.15) is 5.38 Å². The zero-order chi connectivity index (χ0) is 9.14. The highest BCUT2D eigenvalue weighted by molar-refractivity contribution is 6.30. The Kier molecular flexibility index (Phi) is 3.39. The molecule has 0 aromatic carbocycles. The van der Waals surface area contributed by atoms with Crippen LogP contribution >= 0.6 is 11.6 Å². The predicted molar refractivity (Wildman–Crippen MR) is 50.3 cm³/mol. The summed E-state index contributed by atoms with van der Waals surface area (Å²) in [4.78, 5) is 13.3. The molecule has 1 fully saturated rings. The number of halogens is 1. The Morgan fingerprint density at radius 2 is 2.25 bits per heavy atom. The topological polar surface area (TPSA) is 20.3 Å². The number of nitrogens with zero attached hydrogens (tertiary/aromatic N) is 1. The zero-order valence-electron chi connectivity index (χ0n) is 7.72. The minimum atomic E-state index is -0.372. The molecule has 0 heterocycles. The minimum Gasteiger partial charge on any atom is -0.341 e. The maximum absolute atomic E-state index is 11.4. The lowest BCUT2D eigenvalue weighted by Crippen LogP contribution is -2.36. The van der Waals surface area contributed by atoms with Crippen molar-refractivity contribution in [2.24, 2.45) is 5.92 Å². The Balaban J connectivity index is 2.36. The molecule has 0 aliphatic heterocycles. The maximum atomic E-state index is 11.4. The van der Waals surface area contributed by atoms with E-state index in [1.54, 1.807) is 6.92 Å². The summed E-state index contributed by atoms with van der Waals surface area (Å²) in [6, 6.07) is 0. The lowest BCUT2D eigenvalue weighted by atomic mass is 10.3. The van der Waals surface area contributed by atoms with Crippen LogP contribution in [0.3, 0.4) is 0 Å². The second kappa shape index (κ2) is 4.13. The average Bonchev–Trinajstić information content (AvgIpc) is 2.82. The lowest BCUT2D eigenvalue weighted by Gasteiger charge is -2.21. The van der Waals surface area contributed by atoms with Crippen molar-refractivity contribution in [3.8, 4) is 0 Å². The van der Waals surface area contributed by atoms with Crippen LogP contribution in [-0.2, 0) is 4.79 Å². The molecule has 1 atom stereocenters. The summed E-state index contributed by atoms with van der Waals surface area (Å²) >= 11 is 5.71. The highest BCUT2D eigenvalue weighted by Crippen LogP contribution is 2.29. The minimum absolute atomic E-state index is 0.0751. The van der Waals surface area contributed by atoms with Gasteiger partial charge in [-0.3, -0.25) is 4.79 Å². The molecule has 0 bridgehead atoms. The zero-order valence-corrected chi connectivity index (χ0v) is 8.47. The van der Waals surface area contributed by atoms with Gasteiger partial charge in [-0.2, -0.15) is 0 Å². The van der Waals surface area contributed by atoms with Crippen molar-refractivity contribution in [1.82, 2.24) is 4.90 Å². The summed E-state index contributed by atoms with van der Waals surface area (Å²) in [6.45, 7) is 5.43. The molecule has 1 rings (SSSR count). The molecule has 0 aromatic heterocycles. The van der Waals surface area contributed by atoms with Gasteiger partial charge in [0, 0.05) is 13.1 Å². The second-order valence-corrected chi connectivity index (χ2v) is 4.09. The molecule has 70 valence electrons. The fourth-order valence-electron chi connectivity index (χ4n) is 1.24. The molecule has 0 saturated heterocycles. The summed E-state index contributed by atoms with van der Waals surface area (Å²) in [5.74, 6) is 0.829. The molecule has 0 radical (unpaired) electrons. The average molecular weight is 190 g/mol. The smallest absolute Gasteiger partial charge is 0.240 e. The molecule has 12 heavy (non-hydrogen) atoms. The first-order valence-electron chi connectivity index (χ1n) is 4.58. The molecule has 1 saturated carbocycles. The van der Waals surface area contributed by atoms with Crippen LogP contribution in [0, 0.1) is 5.92 Å². The van der Waals surface area contributed by atoms with Crippen LogP contribution in [0.1, 0.15) is 26.7 Å². The maximum Gasteiger partial charge on any atom is 0.240 e. The predicted octanol–water partition coefficient (Wildman–Crippen LogP) is 1.87. The SMILES string of the molecule is CCN(CC1CC1)C(=O)C(C)Cl. The molecular formula is C9H16ClNO. The van der Waals surface area contributed by atoms with Gasteiger partial charge in [0.2, 0.25) is 5.91 Å². The van der Waals surface area contributed by atoms with Gasteiger partial charge in [-0.15, -0.1) is 11.6 Å². The van der Waals surface area contributed by atoms with Crippen molar-refractivity contribution in [3.05, 3.63) is 0 Å². The van der Waals surface area contributed by atoms with Crippen LogP contribution in [-0.4, -0.2) is 29.3 Å². The quantitative estimate of drug-likeness (QED) is 0.619. The molecule has 1 amide bonds. The number of amides is 1. The van der Waals surface area contributed by atoms with Crippen LogP contribution in [0.4, 0.5) is 0 Å². The molecule has 0 aromatic rings. The van der Waals surface area contributed by atoms with Crippen LogP contribution in [0.15, 0.2) is 0 Å². The van der Waals surface area contributed by atoms with E-state index in [9.17, 15) is 4.79 Å². The van der Waals surface area contributed by atoms with Gasteiger partial charge in [-0.25, -0.2) is 0 Å². The normalized spacial score (nSPS) is 18.9. The third-order valence-electron chi connectivity index (χ3n) is 2.21. The van der Waals surface area contributed by atoms with Crippen molar-refractivity contribution in [3.63, 3.8) is 0 Å². The van der Waals surface area contributed by atoms with E-state index in [4.69, 9.17) is 11.6 Å². The van der Waals surface area contributed by atoms with E-state index in [0.29, 0.717) is 0 Å². The molecule has 2 nitrogen and oxygen atoms in total. The summed E-state index contributed by atoms with van der Waals surface area (Å²) in [7, 11) is 0. The van der Waals surface area contributed by atoms with E-state index in [0.717, 1.165) is 19.0 Å². The first-order valence-corrected chi connectivity index (χ1v) is 5.01. The van der Waals surface area contributed by atoms with E-state index < -0.39 is 0 Å². The van der Waals surface area contributed by atoms with Crippen molar-refractivity contribution >= 4 is 17.5 Å². The Morgan fingerprint density at radius 1 is 1.67 bits per heavy atom. The Bertz CT molecular complexity index is 166. The number of hydrogen-bond acceptors (Lipinski definition) is 1. The Morgan fingerprint density at radius 3 is 2.58 bits per heavy atom. The fraction of sp³-hybridized carbons (Fsp3) is 0.889. The van der Waals surface area contributed by atoms with Gasteiger partial charge in [0.25, 0.3) is 0 Å². The van der Waals surface area contributed by atoms with Crippen LogP contribution in [0.2, 0.25) is 0 Å². The molecule has 3 heteroatoms. The summed E-state index contributed by atoms with van der Waals surface area (Å²) < 4.78 is 0. The van der Waals surface area contributed by atoms with Crippen molar-refractivity contribution < 1.29 is 4.79 Å². The van der Waals surface area contributed by atoms with Crippen LogP contribution in [0.25, 0.3) is 0 Å². The number of hydrogen-bond donors (Lipinski definition) is 0. The highest BCUT2D eigenvalue weighted by atomic mass is 35.5. The van der Waals surface area contributed by atoms with E-state index in [2.05, 4.69) is 0 Å². The number of carbonyl (C=O) groups is 1. The number of rotatable bonds is 4. The monoisotopic (exact) mass is 189 g/mol. The fourth-order valence-corrected chi connectivity index (χ4v) is 1.38. The van der Waals surface area contributed by atoms with Crippen LogP contribution < -0.4 is 0 Å². The molecule has 0 N–H and O–H groups in total. The van der Waals surface area contributed by atoms with E-state index in [-0.39, 0.29) is 11.3 Å². The van der Waals surface area contributed by atoms with Gasteiger partial charge >= 0.3 is 0 Å². The van der Waals surface area contributed by atoms with E-state index in [1.807, 2.05) is 11.8 Å². The second-order valence-electron chi connectivity index (χ2n) is 3.44. The number of alkyl halides is 1. The first-order chi connectivity index (χ1) is 5.65. The third kappa shape index (κ3) is 2.67. The van der Waals surface area contributed by atoms with E-state index in [1.165, 1.54) is 12.8 Å². The van der Waals surface area contributed by atoms with Crippen molar-refractivity contribution in [1.29, 1.82) is 0 Å². The Hall–Kier alpha value is -0.240. The van der Waals surface area contributed by atoms with Gasteiger partial charge in [-0.1, -0.05) is 0 Å². The Labute approximate surface area is 78.9 Å². The summed E-state index contributed by atoms with van der Waals surface area (Å²) in [6.07, 6.45) is 2.56. The van der Waals surface area contributed by atoms with Gasteiger partial charge in [-0.05, 0) is 32.6 Å². The summed E-state index contributed by atoms with van der Waals surface area (Å²) in [5.41, 5.74) is 0. The lowest BCUT2D eigenvalue weighted by molar-refractivity contribution is -0.130. The largest absolute Gasteiger partial charge is 0.341 e. The van der Waals surface area contributed by atoms with Gasteiger partial charge in [0.15, 0.2) is 0 Å². The molecule has 1 aliphatic rings. The molecular weight excluding hydrogens is 174 g/mol. The van der Waals surface area contributed by atoms with Gasteiger partial charge in [0.05, 0.1) is 0 Å².